The van der Waals surface area contributed by atoms with E-state index in [2.05, 4.69) is 5.32 Å². The van der Waals surface area contributed by atoms with Crippen LogP contribution in [0.15, 0.2) is 54.6 Å². The lowest BCUT2D eigenvalue weighted by Crippen LogP contribution is -2.37. The predicted molar refractivity (Wildman–Crippen MR) is 110 cm³/mol. The molecule has 4 heteroatoms. The number of carbonyl (C=O) groups excluding carboxylic acids is 2. The Labute approximate surface area is 166 Å². The van der Waals surface area contributed by atoms with Crippen molar-refractivity contribution in [3.05, 3.63) is 71.3 Å². The van der Waals surface area contributed by atoms with Gasteiger partial charge in [-0.2, -0.15) is 0 Å². The molecule has 0 saturated heterocycles. The Bertz CT molecular complexity index is 841. The maximum atomic E-state index is 12.7. The van der Waals surface area contributed by atoms with Gasteiger partial charge in [0.25, 0.3) is 5.91 Å². The summed E-state index contributed by atoms with van der Waals surface area (Å²) >= 11 is 0. The first-order valence-electron chi connectivity index (χ1n) is 10.3. The van der Waals surface area contributed by atoms with Crippen LogP contribution >= 0.6 is 0 Å². The fourth-order valence-electron chi connectivity index (χ4n) is 4.54. The Morgan fingerprint density at radius 1 is 1.04 bits per heavy atom. The highest BCUT2D eigenvalue weighted by Crippen LogP contribution is 2.32. The van der Waals surface area contributed by atoms with Gasteiger partial charge < -0.3 is 10.2 Å². The highest BCUT2D eigenvalue weighted by Gasteiger charge is 2.32. The number of hydrogen-bond acceptors (Lipinski definition) is 2. The van der Waals surface area contributed by atoms with Crippen molar-refractivity contribution in [1.82, 2.24) is 10.2 Å². The molecule has 1 heterocycles. The molecule has 2 aromatic carbocycles. The molecule has 1 atom stereocenters. The second-order valence-corrected chi connectivity index (χ2v) is 8.20. The van der Waals surface area contributed by atoms with Crippen LogP contribution in [-0.4, -0.2) is 23.3 Å². The molecule has 0 bridgehead atoms. The Morgan fingerprint density at radius 3 is 2.43 bits per heavy atom. The van der Waals surface area contributed by atoms with E-state index < -0.39 is 0 Å². The third kappa shape index (κ3) is 3.96. The van der Waals surface area contributed by atoms with E-state index in [1.165, 1.54) is 0 Å². The predicted octanol–water partition coefficient (Wildman–Crippen LogP) is 4.33. The average Bonchev–Trinajstić information content (AvgIpc) is 3.05. The van der Waals surface area contributed by atoms with Gasteiger partial charge in [0.15, 0.2) is 0 Å². The zero-order valence-electron chi connectivity index (χ0n) is 16.4. The minimum absolute atomic E-state index is 0.0344. The molecule has 1 saturated carbocycles. The Balaban J connectivity index is 1.26. The van der Waals surface area contributed by atoms with Crippen LogP contribution in [0.2, 0.25) is 0 Å². The van der Waals surface area contributed by atoms with Gasteiger partial charge in [0.2, 0.25) is 5.91 Å². The van der Waals surface area contributed by atoms with Gasteiger partial charge in [0.05, 0.1) is 6.04 Å². The summed E-state index contributed by atoms with van der Waals surface area (Å²) in [6, 6.07) is 18.0. The van der Waals surface area contributed by atoms with E-state index >= 15 is 0 Å². The molecule has 28 heavy (non-hydrogen) atoms. The number of nitrogens with zero attached hydrogens (tertiary/aromatic N) is 1. The van der Waals surface area contributed by atoms with Crippen molar-refractivity contribution in [3.63, 3.8) is 0 Å². The van der Waals surface area contributed by atoms with E-state index in [9.17, 15) is 9.59 Å². The van der Waals surface area contributed by atoms with Crippen LogP contribution in [0.25, 0.3) is 0 Å². The minimum Gasteiger partial charge on any atom is -0.349 e. The van der Waals surface area contributed by atoms with Crippen molar-refractivity contribution in [3.8, 4) is 0 Å². The first-order chi connectivity index (χ1) is 13.6. The van der Waals surface area contributed by atoms with Crippen molar-refractivity contribution in [1.29, 1.82) is 0 Å². The number of fused-ring (bicyclic) bond motifs is 1. The molecule has 1 N–H and O–H groups in total. The highest BCUT2D eigenvalue weighted by molar-refractivity contribution is 5.98. The van der Waals surface area contributed by atoms with E-state index in [1.807, 2.05) is 66.4 Å². The number of benzene rings is 2. The molecular weight excluding hydrogens is 348 g/mol. The van der Waals surface area contributed by atoms with Crippen LogP contribution in [0, 0.1) is 11.8 Å². The SMILES string of the molecule is CC(NC(=O)C1CCC(CN2Cc3ccccc3C2=O)CC1)c1ccccc1. The molecule has 2 aromatic rings. The molecule has 1 aliphatic heterocycles. The van der Waals surface area contributed by atoms with E-state index in [4.69, 9.17) is 0 Å². The minimum atomic E-state index is 0.0344. The quantitative estimate of drug-likeness (QED) is 0.844. The smallest absolute Gasteiger partial charge is 0.254 e. The second kappa shape index (κ2) is 8.17. The zero-order chi connectivity index (χ0) is 19.5. The standard InChI is InChI=1S/C24H28N2O2/c1-17(19-7-3-2-4-8-19)25-23(27)20-13-11-18(12-14-20)15-26-16-21-9-5-6-10-22(21)24(26)28/h2-10,17-18,20H,11-16H2,1H3,(H,25,27). The highest BCUT2D eigenvalue weighted by atomic mass is 16.2. The lowest BCUT2D eigenvalue weighted by Gasteiger charge is -2.31. The van der Waals surface area contributed by atoms with Crippen LogP contribution in [0.4, 0.5) is 0 Å². The number of rotatable bonds is 5. The molecule has 4 nitrogen and oxygen atoms in total. The van der Waals surface area contributed by atoms with Crippen molar-refractivity contribution in [2.24, 2.45) is 11.8 Å². The zero-order valence-corrected chi connectivity index (χ0v) is 16.4. The van der Waals surface area contributed by atoms with Gasteiger partial charge in [-0.05, 0) is 55.7 Å². The molecule has 0 spiro atoms. The summed E-state index contributed by atoms with van der Waals surface area (Å²) in [7, 11) is 0. The van der Waals surface area contributed by atoms with E-state index in [-0.39, 0.29) is 23.8 Å². The molecule has 4 rings (SSSR count). The van der Waals surface area contributed by atoms with Gasteiger partial charge in [-0.15, -0.1) is 0 Å². The van der Waals surface area contributed by atoms with Crippen LogP contribution in [0.5, 0.6) is 0 Å². The van der Waals surface area contributed by atoms with Gasteiger partial charge in [-0.1, -0.05) is 48.5 Å². The molecule has 0 aromatic heterocycles. The molecule has 146 valence electrons. The largest absolute Gasteiger partial charge is 0.349 e. The molecule has 0 radical (unpaired) electrons. The topological polar surface area (TPSA) is 49.4 Å². The maximum absolute atomic E-state index is 12.7. The lowest BCUT2D eigenvalue weighted by atomic mass is 9.81. The summed E-state index contributed by atoms with van der Waals surface area (Å²) in [5.74, 6) is 0.911. The van der Waals surface area contributed by atoms with Crippen molar-refractivity contribution in [2.75, 3.05) is 6.54 Å². The normalized spacial score (nSPS) is 22.6. The van der Waals surface area contributed by atoms with E-state index in [1.54, 1.807) is 0 Å². The number of hydrogen-bond donors (Lipinski definition) is 1. The third-order valence-corrected chi connectivity index (χ3v) is 6.25. The first kappa shape index (κ1) is 18.7. The third-order valence-electron chi connectivity index (χ3n) is 6.25. The summed E-state index contributed by atoms with van der Waals surface area (Å²) in [5.41, 5.74) is 3.12. The Kier molecular flexibility index (Phi) is 5.47. The van der Waals surface area contributed by atoms with Gasteiger partial charge in [0.1, 0.15) is 0 Å². The summed E-state index contributed by atoms with van der Waals surface area (Å²) in [6.45, 7) is 3.57. The van der Waals surface area contributed by atoms with E-state index in [0.29, 0.717) is 5.92 Å². The number of nitrogens with one attached hydrogen (secondary N) is 1. The maximum Gasteiger partial charge on any atom is 0.254 e. The molecule has 1 fully saturated rings. The molecule has 1 unspecified atom stereocenters. The average molecular weight is 377 g/mol. The summed E-state index contributed by atoms with van der Waals surface area (Å²) in [5, 5.41) is 3.17. The Hall–Kier alpha value is -2.62. The molecule has 1 aliphatic carbocycles. The number of carbonyl (C=O) groups is 2. The van der Waals surface area contributed by atoms with Gasteiger partial charge in [0, 0.05) is 24.6 Å². The summed E-state index contributed by atoms with van der Waals surface area (Å²) in [4.78, 5) is 27.2. The van der Waals surface area contributed by atoms with Crippen molar-refractivity contribution in [2.45, 2.75) is 45.2 Å². The summed E-state index contributed by atoms with van der Waals surface area (Å²) in [6.07, 6.45) is 3.84. The van der Waals surface area contributed by atoms with Crippen LogP contribution in [0.3, 0.4) is 0 Å². The monoisotopic (exact) mass is 376 g/mol. The molecule has 2 amide bonds. The first-order valence-corrected chi connectivity index (χ1v) is 10.3. The lowest BCUT2D eigenvalue weighted by molar-refractivity contribution is -0.126. The van der Waals surface area contributed by atoms with Gasteiger partial charge >= 0.3 is 0 Å². The fourth-order valence-corrected chi connectivity index (χ4v) is 4.54. The van der Waals surface area contributed by atoms with Crippen LogP contribution in [0.1, 0.15) is 60.1 Å². The molecule has 2 aliphatic rings. The van der Waals surface area contributed by atoms with E-state index in [0.717, 1.165) is 55.5 Å². The van der Waals surface area contributed by atoms with Crippen LogP contribution < -0.4 is 5.32 Å². The second-order valence-electron chi connectivity index (χ2n) is 8.20. The summed E-state index contributed by atoms with van der Waals surface area (Å²) < 4.78 is 0. The van der Waals surface area contributed by atoms with Gasteiger partial charge in [-0.25, -0.2) is 0 Å². The number of amides is 2. The Morgan fingerprint density at radius 2 is 1.71 bits per heavy atom. The van der Waals surface area contributed by atoms with Gasteiger partial charge in [-0.3, -0.25) is 9.59 Å². The van der Waals surface area contributed by atoms with Crippen molar-refractivity contribution >= 4 is 11.8 Å². The van der Waals surface area contributed by atoms with Crippen LogP contribution in [-0.2, 0) is 11.3 Å². The molecular formula is C24H28N2O2. The van der Waals surface area contributed by atoms with Crippen molar-refractivity contribution < 1.29 is 9.59 Å². The fraction of sp³-hybridized carbons (Fsp3) is 0.417.